The number of benzene rings is 2. The van der Waals surface area contributed by atoms with E-state index in [0.717, 1.165) is 16.1 Å². The second kappa shape index (κ2) is 7.28. The Hall–Kier alpha value is -1.98. The van der Waals surface area contributed by atoms with E-state index in [1.807, 2.05) is 49.4 Å². The molecule has 6 heteroatoms. The molecule has 0 saturated heterocycles. The summed E-state index contributed by atoms with van der Waals surface area (Å²) in [5.41, 5.74) is 1.66. The fourth-order valence-corrected chi connectivity index (χ4v) is 4.01. The number of nitrogens with one attached hydrogen (secondary N) is 2. The lowest BCUT2D eigenvalue weighted by molar-refractivity contribution is -0.124. The highest BCUT2D eigenvalue weighted by atomic mass is 35.5. The van der Waals surface area contributed by atoms with Crippen molar-refractivity contribution < 1.29 is 9.59 Å². The molecule has 0 fully saturated rings. The Balaban J connectivity index is 1.63. The summed E-state index contributed by atoms with van der Waals surface area (Å²) < 4.78 is 0. The van der Waals surface area contributed by atoms with E-state index >= 15 is 0 Å². The fourth-order valence-electron chi connectivity index (χ4n) is 2.60. The molecular weight excluding hydrogens is 344 g/mol. The molecule has 2 N–H and O–H groups in total. The summed E-state index contributed by atoms with van der Waals surface area (Å²) >= 11 is 7.57. The van der Waals surface area contributed by atoms with Crippen LogP contribution in [0.15, 0.2) is 53.4 Å². The predicted octanol–water partition coefficient (Wildman–Crippen LogP) is 4.02. The van der Waals surface area contributed by atoms with Crippen LogP contribution in [-0.4, -0.2) is 17.1 Å². The van der Waals surface area contributed by atoms with Gasteiger partial charge in [0.25, 0.3) is 0 Å². The molecule has 0 unspecified atom stereocenters. The van der Waals surface area contributed by atoms with E-state index in [2.05, 4.69) is 10.6 Å². The van der Waals surface area contributed by atoms with Gasteiger partial charge in [0.15, 0.2) is 0 Å². The number of rotatable bonds is 4. The quantitative estimate of drug-likeness (QED) is 0.865. The summed E-state index contributed by atoms with van der Waals surface area (Å²) in [6.45, 7) is 1.88. The topological polar surface area (TPSA) is 58.2 Å². The molecular formula is C18H17ClN2O2S. The van der Waals surface area contributed by atoms with Gasteiger partial charge in [-0.05, 0) is 30.7 Å². The van der Waals surface area contributed by atoms with Gasteiger partial charge < -0.3 is 10.6 Å². The van der Waals surface area contributed by atoms with Gasteiger partial charge in [0, 0.05) is 16.3 Å². The zero-order chi connectivity index (χ0) is 17.1. The van der Waals surface area contributed by atoms with E-state index in [0.29, 0.717) is 5.02 Å². The average molecular weight is 361 g/mol. The minimum absolute atomic E-state index is 0.125. The van der Waals surface area contributed by atoms with Crippen LogP contribution in [0.25, 0.3) is 0 Å². The molecule has 0 aromatic heterocycles. The Morgan fingerprint density at radius 3 is 2.75 bits per heavy atom. The van der Waals surface area contributed by atoms with E-state index in [9.17, 15) is 9.59 Å². The smallest absolute Gasteiger partial charge is 0.238 e. The normalized spacial score (nSPS) is 17.6. The van der Waals surface area contributed by atoms with Gasteiger partial charge in [0.1, 0.15) is 0 Å². The van der Waals surface area contributed by atoms with Crippen molar-refractivity contribution in [3.63, 3.8) is 0 Å². The number of carbonyl (C=O) groups excluding carboxylic acids is 2. The number of fused-ring (bicyclic) bond motifs is 1. The van der Waals surface area contributed by atoms with Gasteiger partial charge in [0.2, 0.25) is 11.8 Å². The van der Waals surface area contributed by atoms with E-state index < -0.39 is 5.25 Å². The highest BCUT2D eigenvalue weighted by Gasteiger charge is 2.29. The first-order valence-electron chi connectivity index (χ1n) is 7.65. The highest BCUT2D eigenvalue weighted by Crippen LogP contribution is 2.36. The van der Waals surface area contributed by atoms with Crippen LogP contribution >= 0.6 is 23.4 Å². The molecule has 0 aliphatic carbocycles. The third kappa shape index (κ3) is 3.74. The van der Waals surface area contributed by atoms with Gasteiger partial charge in [-0.2, -0.15) is 0 Å². The Morgan fingerprint density at radius 2 is 1.96 bits per heavy atom. The fraction of sp³-hybridized carbons (Fsp3) is 0.222. The molecule has 1 aliphatic rings. The third-order valence-electron chi connectivity index (χ3n) is 3.83. The van der Waals surface area contributed by atoms with E-state index in [4.69, 9.17) is 11.6 Å². The number of hydrogen-bond acceptors (Lipinski definition) is 3. The average Bonchev–Trinajstić information content (AvgIpc) is 2.55. The Labute approximate surface area is 150 Å². The van der Waals surface area contributed by atoms with E-state index in [-0.39, 0.29) is 24.3 Å². The highest BCUT2D eigenvalue weighted by molar-refractivity contribution is 8.01. The number of para-hydroxylation sites is 1. The van der Waals surface area contributed by atoms with Crippen LogP contribution in [0.2, 0.25) is 5.02 Å². The summed E-state index contributed by atoms with van der Waals surface area (Å²) in [5.74, 6) is -0.311. The summed E-state index contributed by atoms with van der Waals surface area (Å²) in [5, 5.41) is 5.94. The van der Waals surface area contributed by atoms with E-state index in [1.54, 1.807) is 6.07 Å². The SMILES string of the molecule is C[C@@H](NC(=O)C[C@H]1Sc2ccccc2NC1=O)c1ccccc1Cl. The Bertz CT molecular complexity index is 781. The standard InChI is InChI=1S/C18H17ClN2O2S/c1-11(12-6-2-3-7-13(12)19)20-17(22)10-16-18(23)21-14-8-4-5-9-15(14)24-16/h2-9,11,16H,10H2,1H3,(H,20,22)(H,21,23)/t11-,16-/m1/s1. The van der Waals surface area contributed by atoms with Crippen molar-refractivity contribution in [2.24, 2.45) is 0 Å². The van der Waals surface area contributed by atoms with Gasteiger partial charge in [-0.3, -0.25) is 9.59 Å². The molecule has 0 radical (unpaired) electrons. The van der Waals surface area contributed by atoms with Crippen molar-refractivity contribution in [1.82, 2.24) is 5.32 Å². The Kier molecular flexibility index (Phi) is 5.11. The van der Waals surface area contributed by atoms with Crippen molar-refractivity contribution in [1.29, 1.82) is 0 Å². The molecule has 0 saturated carbocycles. The number of anilines is 1. The van der Waals surface area contributed by atoms with Crippen molar-refractivity contribution in [3.05, 3.63) is 59.1 Å². The third-order valence-corrected chi connectivity index (χ3v) is 5.45. The lowest BCUT2D eigenvalue weighted by Crippen LogP contribution is -2.35. The second-order valence-electron chi connectivity index (χ2n) is 5.61. The molecule has 1 heterocycles. The number of halogens is 1. The molecule has 1 aliphatic heterocycles. The summed E-state index contributed by atoms with van der Waals surface area (Å²) in [6, 6.07) is 14.8. The molecule has 2 atom stereocenters. The van der Waals surface area contributed by atoms with Crippen LogP contribution in [0.3, 0.4) is 0 Å². The summed E-state index contributed by atoms with van der Waals surface area (Å²) in [6.07, 6.45) is 0.125. The van der Waals surface area contributed by atoms with Crippen molar-refractivity contribution >= 4 is 40.9 Å². The summed E-state index contributed by atoms with van der Waals surface area (Å²) in [7, 11) is 0. The van der Waals surface area contributed by atoms with Crippen LogP contribution in [0.4, 0.5) is 5.69 Å². The largest absolute Gasteiger partial charge is 0.349 e. The zero-order valence-electron chi connectivity index (χ0n) is 13.1. The van der Waals surface area contributed by atoms with Crippen molar-refractivity contribution in [2.45, 2.75) is 29.5 Å². The molecule has 24 heavy (non-hydrogen) atoms. The van der Waals surface area contributed by atoms with Crippen LogP contribution in [-0.2, 0) is 9.59 Å². The van der Waals surface area contributed by atoms with Crippen LogP contribution in [0, 0.1) is 0 Å². The predicted molar refractivity (Wildman–Crippen MR) is 97.3 cm³/mol. The summed E-state index contributed by atoms with van der Waals surface area (Å²) in [4.78, 5) is 25.5. The first kappa shape index (κ1) is 16.9. The van der Waals surface area contributed by atoms with Crippen LogP contribution < -0.4 is 10.6 Å². The van der Waals surface area contributed by atoms with E-state index in [1.165, 1.54) is 11.8 Å². The van der Waals surface area contributed by atoms with Gasteiger partial charge in [-0.1, -0.05) is 41.9 Å². The van der Waals surface area contributed by atoms with Gasteiger partial charge in [0.05, 0.1) is 17.0 Å². The molecule has 124 valence electrons. The second-order valence-corrected chi connectivity index (χ2v) is 7.26. The number of hydrogen-bond donors (Lipinski definition) is 2. The number of thioether (sulfide) groups is 1. The van der Waals surface area contributed by atoms with Gasteiger partial charge in [-0.25, -0.2) is 0 Å². The zero-order valence-corrected chi connectivity index (χ0v) is 14.7. The Morgan fingerprint density at radius 1 is 1.25 bits per heavy atom. The minimum Gasteiger partial charge on any atom is -0.349 e. The van der Waals surface area contributed by atoms with Gasteiger partial charge in [-0.15, -0.1) is 11.8 Å². The van der Waals surface area contributed by atoms with Crippen LogP contribution in [0.5, 0.6) is 0 Å². The maximum Gasteiger partial charge on any atom is 0.238 e. The van der Waals surface area contributed by atoms with Crippen LogP contribution in [0.1, 0.15) is 24.9 Å². The maximum atomic E-state index is 12.3. The molecule has 3 rings (SSSR count). The minimum atomic E-state index is -0.432. The number of carbonyl (C=O) groups is 2. The number of amides is 2. The monoisotopic (exact) mass is 360 g/mol. The van der Waals surface area contributed by atoms with Gasteiger partial charge >= 0.3 is 0 Å². The molecule has 2 amide bonds. The first-order chi connectivity index (χ1) is 11.5. The maximum absolute atomic E-state index is 12.3. The lowest BCUT2D eigenvalue weighted by atomic mass is 10.1. The van der Waals surface area contributed by atoms with Crippen molar-refractivity contribution in [2.75, 3.05) is 5.32 Å². The molecule has 2 aromatic carbocycles. The molecule has 0 bridgehead atoms. The molecule has 0 spiro atoms. The first-order valence-corrected chi connectivity index (χ1v) is 8.90. The lowest BCUT2D eigenvalue weighted by Gasteiger charge is -2.24. The van der Waals surface area contributed by atoms with Crippen molar-refractivity contribution in [3.8, 4) is 0 Å². The molecule has 2 aromatic rings. The molecule has 4 nitrogen and oxygen atoms in total.